The molecule has 10 heteroatoms. The first kappa shape index (κ1) is 30.9. The molecule has 1 heterocycles. The van der Waals surface area contributed by atoms with Crippen LogP contribution in [0.5, 0.6) is 11.5 Å². The number of rotatable bonds is 13. The van der Waals surface area contributed by atoms with Crippen molar-refractivity contribution in [2.75, 3.05) is 36.9 Å². The fraction of sp³-hybridized carbons (Fsp3) is 0.375. The highest BCUT2D eigenvalue weighted by Crippen LogP contribution is 2.34. The minimum Gasteiger partial charge on any atom is -0.486 e. The van der Waals surface area contributed by atoms with Crippen molar-refractivity contribution < 1.29 is 27.5 Å². The first-order valence-corrected chi connectivity index (χ1v) is 16.0. The number of fused-ring (bicyclic) bond motifs is 1. The first-order valence-electron chi connectivity index (χ1n) is 14.2. The molecule has 0 bridgehead atoms. The lowest BCUT2D eigenvalue weighted by Gasteiger charge is -2.32. The van der Waals surface area contributed by atoms with E-state index in [0.717, 1.165) is 22.9 Å². The van der Waals surface area contributed by atoms with Gasteiger partial charge in [-0.25, -0.2) is 8.42 Å². The number of hydrogen-bond acceptors (Lipinski definition) is 6. The van der Waals surface area contributed by atoms with Crippen LogP contribution in [0.15, 0.2) is 72.8 Å². The third-order valence-corrected chi connectivity index (χ3v) is 8.38. The standard InChI is InChI=1S/C32H39N3O6S/c1-4-33-32(37)28(21-25-12-6-5-7-13-25)34(23-26-14-9-8-11-24(26)2)31(36)15-10-18-35(42(3,38)39)27-16-17-29-30(22-27)41-20-19-40-29/h5-9,11-14,16-17,22,28H,4,10,15,18-21,23H2,1-3H3,(H,33,37). The van der Waals surface area contributed by atoms with E-state index in [1.54, 1.807) is 23.1 Å². The predicted molar refractivity (Wildman–Crippen MR) is 163 cm³/mol. The molecule has 224 valence electrons. The van der Waals surface area contributed by atoms with Crippen molar-refractivity contribution in [3.05, 3.63) is 89.5 Å². The molecule has 1 atom stereocenters. The van der Waals surface area contributed by atoms with E-state index in [9.17, 15) is 18.0 Å². The molecule has 0 saturated carbocycles. The number of ether oxygens (including phenoxy) is 2. The number of carbonyl (C=O) groups is 2. The number of anilines is 1. The number of nitrogens with one attached hydrogen (secondary N) is 1. The maximum Gasteiger partial charge on any atom is 0.243 e. The maximum atomic E-state index is 13.9. The van der Waals surface area contributed by atoms with E-state index in [1.165, 1.54) is 4.31 Å². The third-order valence-electron chi connectivity index (χ3n) is 7.19. The van der Waals surface area contributed by atoms with Crippen LogP contribution in [0.4, 0.5) is 5.69 Å². The van der Waals surface area contributed by atoms with E-state index in [-0.39, 0.29) is 37.7 Å². The van der Waals surface area contributed by atoms with E-state index >= 15 is 0 Å². The van der Waals surface area contributed by atoms with E-state index < -0.39 is 16.1 Å². The molecule has 3 aromatic carbocycles. The van der Waals surface area contributed by atoms with Crippen molar-refractivity contribution in [3.63, 3.8) is 0 Å². The first-order chi connectivity index (χ1) is 20.2. The van der Waals surface area contributed by atoms with Gasteiger partial charge in [0.1, 0.15) is 19.3 Å². The molecule has 9 nitrogen and oxygen atoms in total. The zero-order chi connectivity index (χ0) is 30.1. The van der Waals surface area contributed by atoms with Crippen molar-refractivity contribution in [3.8, 4) is 11.5 Å². The van der Waals surface area contributed by atoms with Crippen molar-refractivity contribution >= 4 is 27.5 Å². The second-order valence-electron chi connectivity index (χ2n) is 10.3. The zero-order valence-electron chi connectivity index (χ0n) is 24.4. The lowest BCUT2D eigenvalue weighted by molar-refractivity contribution is -0.141. The zero-order valence-corrected chi connectivity index (χ0v) is 25.2. The summed E-state index contributed by atoms with van der Waals surface area (Å²) in [6.07, 6.45) is 1.82. The Morgan fingerprint density at radius 1 is 0.952 bits per heavy atom. The molecule has 0 saturated heterocycles. The molecule has 1 aliphatic heterocycles. The summed E-state index contributed by atoms with van der Waals surface area (Å²) < 4.78 is 38.0. The molecule has 0 aromatic heterocycles. The van der Waals surface area contributed by atoms with Crippen LogP contribution in [0.2, 0.25) is 0 Å². The SMILES string of the molecule is CCNC(=O)C(Cc1ccccc1)N(Cc1ccccc1C)C(=O)CCCN(c1ccc2c(c1)OCCO2)S(C)(=O)=O. The molecule has 42 heavy (non-hydrogen) atoms. The van der Waals surface area contributed by atoms with E-state index in [0.29, 0.717) is 43.4 Å². The van der Waals surface area contributed by atoms with Crippen molar-refractivity contribution in [1.82, 2.24) is 10.2 Å². The van der Waals surface area contributed by atoms with Crippen LogP contribution in [0.3, 0.4) is 0 Å². The Kier molecular flexibility index (Phi) is 10.5. The van der Waals surface area contributed by atoms with Gasteiger partial charge in [-0.1, -0.05) is 54.6 Å². The number of carbonyl (C=O) groups excluding carboxylic acids is 2. The predicted octanol–water partition coefficient (Wildman–Crippen LogP) is 4.09. The number of likely N-dealkylation sites (N-methyl/N-ethyl adjacent to an activating group) is 1. The molecule has 0 aliphatic carbocycles. The number of nitrogens with zero attached hydrogens (tertiary/aromatic N) is 2. The van der Waals surface area contributed by atoms with Crippen molar-refractivity contribution in [1.29, 1.82) is 0 Å². The summed E-state index contributed by atoms with van der Waals surface area (Å²) in [6, 6.07) is 21.7. The number of hydrogen-bond donors (Lipinski definition) is 1. The Balaban J connectivity index is 1.56. The molecular weight excluding hydrogens is 554 g/mol. The maximum absolute atomic E-state index is 13.9. The van der Waals surface area contributed by atoms with Gasteiger partial charge in [-0.15, -0.1) is 0 Å². The fourth-order valence-electron chi connectivity index (χ4n) is 5.01. The molecular formula is C32H39N3O6S. The lowest BCUT2D eigenvalue weighted by atomic mass is 10.0. The van der Waals surface area contributed by atoms with Crippen molar-refractivity contribution in [2.45, 2.75) is 45.7 Å². The van der Waals surface area contributed by atoms with E-state index in [2.05, 4.69) is 5.32 Å². The Morgan fingerprint density at radius 2 is 1.64 bits per heavy atom. The van der Waals surface area contributed by atoms with Gasteiger partial charge >= 0.3 is 0 Å². The highest BCUT2D eigenvalue weighted by atomic mass is 32.2. The van der Waals surface area contributed by atoms with Crippen LogP contribution in [-0.2, 0) is 32.6 Å². The van der Waals surface area contributed by atoms with Crippen LogP contribution >= 0.6 is 0 Å². The van der Waals surface area contributed by atoms with Crippen molar-refractivity contribution in [2.24, 2.45) is 0 Å². The average molecular weight is 594 g/mol. The molecule has 0 radical (unpaired) electrons. The number of aryl methyl sites for hydroxylation is 1. The quantitative estimate of drug-likeness (QED) is 0.320. The summed E-state index contributed by atoms with van der Waals surface area (Å²) >= 11 is 0. The van der Waals surface area contributed by atoms with Gasteiger partial charge < -0.3 is 19.7 Å². The second kappa shape index (κ2) is 14.2. The minimum atomic E-state index is -3.65. The number of amides is 2. The Morgan fingerprint density at radius 3 is 2.33 bits per heavy atom. The largest absolute Gasteiger partial charge is 0.486 e. The second-order valence-corrected chi connectivity index (χ2v) is 12.2. The van der Waals surface area contributed by atoms with Crippen LogP contribution < -0.4 is 19.1 Å². The van der Waals surface area contributed by atoms with Gasteiger partial charge in [0, 0.05) is 38.5 Å². The van der Waals surface area contributed by atoms with Crippen LogP contribution in [-0.4, -0.2) is 63.7 Å². The Bertz CT molecular complexity index is 1480. The minimum absolute atomic E-state index is 0.0626. The van der Waals surface area contributed by atoms with Gasteiger partial charge in [-0.2, -0.15) is 0 Å². The number of benzene rings is 3. The molecule has 1 unspecified atom stereocenters. The molecule has 4 rings (SSSR count). The Hall–Kier alpha value is -4.05. The van der Waals surface area contributed by atoms with Gasteiger partial charge in [0.25, 0.3) is 0 Å². The summed E-state index contributed by atoms with van der Waals surface area (Å²) in [5.41, 5.74) is 3.35. The van der Waals surface area contributed by atoms with Crippen LogP contribution in [0.25, 0.3) is 0 Å². The summed E-state index contributed by atoms with van der Waals surface area (Å²) in [5, 5.41) is 2.90. The lowest BCUT2D eigenvalue weighted by Crippen LogP contribution is -2.50. The van der Waals surface area contributed by atoms with Gasteiger partial charge in [-0.3, -0.25) is 13.9 Å². The highest BCUT2D eigenvalue weighted by Gasteiger charge is 2.30. The van der Waals surface area contributed by atoms with Gasteiger partial charge in [-0.05, 0) is 49.1 Å². The molecule has 2 amide bonds. The number of sulfonamides is 1. The van der Waals surface area contributed by atoms with Gasteiger partial charge in [0.05, 0.1) is 11.9 Å². The smallest absolute Gasteiger partial charge is 0.243 e. The summed E-state index contributed by atoms with van der Waals surface area (Å²) in [7, 11) is -3.65. The summed E-state index contributed by atoms with van der Waals surface area (Å²) in [4.78, 5) is 28.9. The van der Waals surface area contributed by atoms with E-state index in [4.69, 9.17) is 9.47 Å². The van der Waals surface area contributed by atoms with Gasteiger partial charge in [0.15, 0.2) is 11.5 Å². The molecule has 0 spiro atoms. The van der Waals surface area contributed by atoms with Crippen LogP contribution in [0, 0.1) is 6.92 Å². The average Bonchev–Trinajstić information content (AvgIpc) is 2.97. The fourth-order valence-corrected chi connectivity index (χ4v) is 5.97. The summed E-state index contributed by atoms with van der Waals surface area (Å²) in [6.45, 7) is 5.44. The molecule has 1 N–H and O–H groups in total. The topological polar surface area (TPSA) is 105 Å². The monoisotopic (exact) mass is 593 g/mol. The molecule has 0 fully saturated rings. The highest BCUT2D eigenvalue weighted by molar-refractivity contribution is 7.92. The van der Waals surface area contributed by atoms with Crippen LogP contribution in [0.1, 0.15) is 36.5 Å². The van der Waals surface area contributed by atoms with E-state index in [1.807, 2.05) is 68.4 Å². The Labute approximate surface area is 248 Å². The van der Waals surface area contributed by atoms with Gasteiger partial charge in [0.2, 0.25) is 21.8 Å². The third kappa shape index (κ3) is 8.03. The molecule has 3 aromatic rings. The normalized spacial score (nSPS) is 13.2. The molecule has 1 aliphatic rings. The summed E-state index contributed by atoms with van der Waals surface area (Å²) in [5.74, 6) is 0.604.